The summed E-state index contributed by atoms with van der Waals surface area (Å²) in [7, 11) is -2.89. The first-order valence-electron chi connectivity index (χ1n) is 7.40. The van der Waals surface area contributed by atoms with Crippen molar-refractivity contribution in [3.63, 3.8) is 0 Å². The first-order valence-corrected chi connectivity index (χ1v) is 9.47. The van der Waals surface area contributed by atoms with Crippen LogP contribution in [0.4, 0.5) is 0 Å². The Hall–Kier alpha value is -1.33. The van der Waals surface area contributed by atoms with Gasteiger partial charge in [0, 0.05) is 35.9 Å². The van der Waals surface area contributed by atoms with E-state index in [9.17, 15) is 8.42 Å². The van der Waals surface area contributed by atoms with Gasteiger partial charge in [-0.3, -0.25) is 0 Å². The molecule has 0 saturated heterocycles. The highest BCUT2D eigenvalue weighted by Gasteiger charge is 2.09. The maximum Gasteiger partial charge on any atom is 0.147 e. The zero-order valence-electron chi connectivity index (χ0n) is 12.7. The third-order valence-corrected chi connectivity index (χ3v) is 4.85. The number of rotatable bonds is 7. The molecule has 21 heavy (non-hydrogen) atoms. The van der Waals surface area contributed by atoms with Gasteiger partial charge in [0.25, 0.3) is 0 Å². The molecule has 2 aromatic rings. The predicted molar refractivity (Wildman–Crippen MR) is 88.2 cm³/mol. The second-order valence-electron chi connectivity index (χ2n) is 5.71. The highest BCUT2D eigenvalue weighted by atomic mass is 32.2. The number of aryl methyl sites for hydroxylation is 1. The molecule has 0 bridgehead atoms. The van der Waals surface area contributed by atoms with E-state index < -0.39 is 9.84 Å². The van der Waals surface area contributed by atoms with E-state index in [2.05, 4.69) is 29.7 Å². The molecule has 0 amide bonds. The van der Waals surface area contributed by atoms with Gasteiger partial charge in [0.05, 0.1) is 5.75 Å². The van der Waals surface area contributed by atoms with Crippen molar-refractivity contribution < 1.29 is 8.42 Å². The van der Waals surface area contributed by atoms with E-state index in [0.717, 1.165) is 24.9 Å². The topological polar surface area (TPSA) is 65.1 Å². The Morgan fingerprint density at radius 2 is 2.05 bits per heavy atom. The van der Waals surface area contributed by atoms with E-state index in [4.69, 9.17) is 5.73 Å². The van der Waals surface area contributed by atoms with Gasteiger partial charge in [-0.15, -0.1) is 0 Å². The van der Waals surface area contributed by atoms with Crippen molar-refractivity contribution in [2.24, 2.45) is 5.73 Å². The van der Waals surface area contributed by atoms with Crippen LogP contribution in [0.5, 0.6) is 0 Å². The van der Waals surface area contributed by atoms with E-state index in [1.54, 1.807) is 0 Å². The summed E-state index contributed by atoms with van der Waals surface area (Å²) in [6, 6.07) is 8.54. The molecule has 0 spiro atoms. The number of hydrogen-bond acceptors (Lipinski definition) is 3. The molecular formula is C16H24N2O2S. The van der Waals surface area contributed by atoms with Crippen molar-refractivity contribution in [3.8, 4) is 0 Å². The molecule has 2 N–H and O–H groups in total. The number of aromatic nitrogens is 1. The molecule has 0 radical (unpaired) electrons. The summed E-state index contributed by atoms with van der Waals surface area (Å²) in [5.41, 5.74) is 8.48. The van der Waals surface area contributed by atoms with Gasteiger partial charge in [-0.25, -0.2) is 8.42 Å². The smallest absolute Gasteiger partial charge is 0.147 e. The van der Waals surface area contributed by atoms with Crippen LogP contribution in [0.3, 0.4) is 0 Å². The summed E-state index contributed by atoms with van der Waals surface area (Å²) in [6.45, 7) is 2.82. The normalized spacial score (nSPS) is 13.7. The maximum atomic E-state index is 11.2. The molecule has 5 heteroatoms. The lowest BCUT2D eigenvalue weighted by molar-refractivity contribution is 0.593. The minimum Gasteiger partial charge on any atom is -0.347 e. The SMILES string of the molecule is CCC(N)Cc1cccc2c1ccn2CCCS(C)(=O)=O. The Bertz CT molecular complexity index is 704. The monoisotopic (exact) mass is 308 g/mol. The third-order valence-electron chi connectivity index (χ3n) is 3.82. The first kappa shape index (κ1) is 16.0. The Labute approximate surface area is 126 Å². The van der Waals surface area contributed by atoms with E-state index in [1.165, 1.54) is 17.2 Å². The molecule has 2 rings (SSSR count). The highest BCUT2D eigenvalue weighted by molar-refractivity contribution is 7.90. The molecule has 1 heterocycles. The zero-order valence-corrected chi connectivity index (χ0v) is 13.6. The van der Waals surface area contributed by atoms with Crippen molar-refractivity contribution in [3.05, 3.63) is 36.0 Å². The van der Waals surface area contributed by atoms with Crippen LogP contribution in [0, 0.1) is 0 Å². The van der Waals surface area contributed by atoms with Crippen LogP contribution in [0.1, 0.15) is 25.3 Å². The minimum atomic E-state index is -2.89. The predicted octanol–water partition coefficient (Wildman–Crippen LogP) is 2.36. The van der Waals surface area contributed by atoms with Gasteiger partial charge in [-0.05, 0) is 37.0 Å². The minimum absolute atomic E-state index is 0.184. The standard InChI is InChI=1S/C16H24N2O2S/c1-3-14(17)12-13-6-4-7-16-15(13)8-10-18(16)9-5-11-21(2,19)20/h4,6-8,10,14H,3,5,9,11-12,17H2,1-2H3. The average Bonchev–Trinajstić information content (AvgIpc) is 2.82. The van der Waals surface area contributed by atoms with Crippen LogP contribution in [-0.2, 0) is 22.8 Å². The number of sulfone groups is 1. The molecule has 0 fully saturated rings. The fourth-order valence-corrected chi connectivity index (χ4v) is 3.24. The fourth-order valence-electron chi connectivity index (χ4n) is 2.58. The number of fused-ring (bicyclic) bond motifs is 1. The van der Waals surface area contributed by atoms with Gasteiger partial charge >= 0.3 is 0 Å². The summed E-state index contributed by atoms with van der Waals surface area (Å²) < 4.78 is 24.5. The van der Waals surface area contributed by atoms with Crippen LogP contribution in [-0.4, -0.2) is 31.0 Å². The molecule has 4 nitrogen and oxygen atoms in total. The van der Waals surface area contributed by atoms with Crippen LogP contribution in [0.2, 0.25) is 0 Å². The quantitative estimate of drug-likeness (QED) is 0.854. The van der Waals surface area contributed by atoms with Crippen LogP contribution in [0.25, 0.3) is 10.9 Å². The Morgan fingerprint density at radius 3 is 2.71 bits per heavy atom. The Morgan fingerprint density at radius 1 is 1.29 bits per heavy atom. The lowest BCUT2D eigenvalue weighted by Crippen LogP contribution is -2.21. The molecule has 0 aliphatic rings. The summed E-state index contributed by atoms with van der Waals surface area (Å²) >= 11 is 0. The lowest BCUT2D eigenvalue weighted by atomic mass is 10.0. The third kappa shape index (κ3) is 4.32. The average molecular weight is 308 g/mol. The van der Waals surface area contributed by atoms with Crippen molar-refractivity contribution >= 4 is 20.7 Å². The van der Waals surface area contributed by atoms with Gasteiger partial charge in [0.15, 0.2) is 0 Å². The van der Waals surface area contributed by atoms with Gasteiger partial charge in [0.1, 0.15) is 9.84 Å². The highest BCUT2D eigenvalue weighted by Crippen LogP contribution is 2.22. The summed E-state index contributed by atoms with van der Waals surface area (Å²) in [4.78, 5) is 0. The number of nitrogens with zero attached hydrogens (tertiary/aromatic N) is 1. The first-order chi connectivity index (χ1) is 9.90. The number of hydrogen-bond donors (Lipinski definition) is 1. The van der Waals surface area contributed by atoms with E-state index in [-0.39, 0.29) is 11.8 Å². The van der Waals surface area contributed by atoms with Gasteiger partial charge in [-0.2, -0.15) is 0 Å². The van der Waals surface area contributed by atoms with Crippen LogP contribution < -0.4 is 5.73 Å². The summed E-state index contributed by atoms with van der Waals surface area (Å²) in [5.74, 6) is 0.229. The maximum absolute atomic E-state index is 11.2. The fraction of sp³-hybridized carbons (Fsp3) is 0.500. The number of nitrogens with two attached hydrogens (primary N) is 1. The molecule has 1 atom stereocenters. The van der Waals surface area contributed by atoms with Crippen molar-refractivity contribution in [2.45, 2.75) is 38.8 Å². The van der Waals surface area contributed by atoms with E-state index in [0.29, 0.717) is 6.42 Å². The molecule has 1 unspecified atom stereocenters. The Kier molecular flexibility index (Phi) is 5.06. The van der Waals surface area contributed by atoms with Crippen LogP contribution in [0.15, 0.2) is 30.5 Å². The van der Waals surface area contributed by atoms with E-state index >= 15 is 0 Å². The van der Waals surface area contributed by atoms with Gasteiger partial charge in [-0.1, -0.05) is 19.1 Å². The Balaban J connectivity index is 2.18. The summed E-state index contributed by atoms with van der Waals surface area (Å²) in [6.07, 6.45) is 5.80. The molecule has 0 saturated carbocycles. The largest absolute Gasteiger partial charge is 0.347 e. The lowest BCUT2D eigenvalue weighted by Gasteiger charge is -2.11. The van der Waals surface area contributed by atoms with E-state index in [1.807, 2.05) is 12.3 Å². The van der Waals surface area contributed by atoms with Crippen molar-refractivity contribution in [1.29, 1.82) is 0 Å². The second kappa shape index (κ2) is 6.62. The van der Waals surface area contributed by atoms with Crippen molar-refractivity contribution in [2.75, 3.05) is 12.0 Å². The molecular weight excluding hydrogens is 284 g/mol. The second-order valence-corrected chi connectivity index (χ2v) is 7.97. The molecule has 1 aromatic carbocycles. The van der Waals surface area contributed by atoms with Gasteiger partial charge in [0.2, 0.25) is 0 Å². The molecule has 1 aromatic heterocycles. The summed E-state index contributed by atoms with van der Waals surface area (Å²) in [5, 5.41) is 1.22. The van der Waals surface area contributed by atoms with Gasteiger partial charge < -0.3 is 10.3 Å². The molecule has 0 aliphatic heterocycles. The molecule has 116 valence electrons. The van der Waals surface area contributed by atoms with Crippen molar-refractivity contribution in [1.82, 2.24) is 4.57 Å². The van der Waals surface area contributed by atoms with Crippen LogP contribution >= 0.6 is 0 Å². The zero-order chi connectivity index (χ0) is 15.5. The molecule has 0 aliphatic carbocycles. The number of benzene rings is 1.